The summed E-state index contributed by atoms with van der Waals surface area (Å²) in [4.78, 5) is 8.06. The summed E-state index contributed by atoms with van der Waals surface area (Å²) in [5, 5.41) is 11.7. The Morgan fingerprint density at radius 3 is 2.45 bits per heavy atom. The molecule has 0 spiro atoms. The van der Waals surface area contributed by atoms with E-state index in [0.717, 1.165) is 31.4 Å². The van der Waals surface area contributed by atoms with Gasteiger partial charge in [-0.2, -0.15) is 5.26 Å². The first-order chi connectivity index (χ1) is 9.78. The fourth-order valence-corrected chi connectivity index (χ4v) is 1.78. The summed E-state index contributed by atoms with van der Waals surface area (Å²) in [5.74, 6) is 0.333. The monoisotopic (exact) mass is 270 g/mol. The topological polar surface area (TPSA) is 61.6 Å². The molecule has 0 radical (unpaired) electrons. The summed E-state index contributed by atoms with van der Waals surface area (Å²) in [6, 6.07) is 8.57. The van der Waals surface area contributed by atoms with Gasteiger partial charge in [0.2, 0.25) is 5.95 Å². The molecule has 0 amide bonds. The van der Waals surface area contributed by atoms with Crippen LogP contribution in [0.4, 0.5) is 10.3 Å². The maximum atomic E-state index is 12.7. The summed E-state index contributed by atoms with van der Waals surface area (Å²) in [5.41, 5.74) is 1.59. The van der Waals surface area contributed by atoms with E-state index in [1.807, 2.05) is 18.2 Å². The molecule has 2 aromatic rings. The van der Waals surface area contributed by atoms with Gasteiger partial charge in [-0.25, -0.2) is 14.4 Å². The van der Waals surface area contributed by atoms with Crippen molar-refractivity contribution in [1.29, 1.82) is 5.26 Å². The summed E-state index contributed by atoms with van der Waals surface area (Å²) in [6.45, 7) is 0.771. The number of nitrogens with one attached hydrogen (secondary N) is 1. The molecule has 1 N–H and O–H groups in total. The second-order valence-corrected chi connectivity index (χ2v) is 4.42. The molecule has 0 saturated carbocycles. The zero-order chi connectivity index (χ0) is 14.2. The van der Waals surface area contributed by atoms with Gasteiger partial charge in [0.05, 0.1) is 18.0 Å². The van der Waals surface area contributed by atoms with E-state index in [4.69, 9.17) is 5.26 Å². The normalized spacial score (nSPS) is 10.0. The van der Waals surface area contributed by atoms with E-state index in [2.05, 4.69) is 15.3 Å². The van der Waals surface area contributed by atoms with E-state index < -0.39 is 0 Å². The Hall–Kier alpha value is -2.48. The molecule has 0 aliphatic heterocycles. The Labute approximate surface area is 117 Å². The second kappa shape index (κ2) is 7.19. The van der Waals surface area contributed by atoms with Gasteiger partial charge in [-0.1, -0.05) is 12.1 Å². The molecule has 0 unspecified atom stereocenters. The zero-order valence-corrected chi connectivity index (χ0v) is 11.0. The number of nitriles is 1. The molecule has 20 heavy (non-hydrogen) atoms. The summed E-state index contributed by atoms with van der Waals surface area (Å²) in [7, 11) is 0. The van der Waals surface area contributed by atoms with E-state index in [-0.39, 0.29) is 5.82 Å². The first-order valence-corrected chi connectivity index (χ1v) is 6.48. The fourth-order valence-electron chi connectivity index (χ4n) is 1.78. The maximum Gasteiger partial charge on any atom is 0.222 e. The van der Waals surface area contributed by atoms with Crippen molar-refractivity contribution in [2.75, 3.05) is 11.9 Å². The van der Waals surface area contributed by atoms with E-state index in [1.54, 1.807) is 0 Å². The minimum absolute atomic E-state index is 0.201. The van der Waals surface area contributed by atoms with Crippen LogP contribution in [0.5, 0.6) is 0 Å². The van der Waals surface area contributed by atoms with E-state index >= 15 is 0 Å². The number of benzene rings is 1. The molecular weight excluding hydrogens is 255 g/mol. The average Bonchev–Trinajstić information content (AvgIpc) is 2.49. The van der Waals surface area contributed by atoms with Crippen LogP contribution in [0.1, 0.15) is 24.0 Å². The lowest BCUT2D eigenvalue weighted by Crippen LogP contribution is -2.05. The fraction of sp³-hybridized carbons (Fsp3) is 0.267. The highest BCUT2D eigenvalue weighted by molar-refractivity contribution is 5.29. The van der Waals surface area contributed by atoms with Gasteiger partial charge < -0.3 is 5.32 Å². The SMILES string of the molecule is N#Cc1cnc(NCCCCc2ccc(F)cc2)nc1. The Kier molecular flexibility index (Phi) is 5.01. The van der Waals surface area contributed by atoms with Crippen LogP contribution in [-0.4, -0.2) is 16.5 Å². The maximum absolute atomic E-state index is 12.7. The number of unbranched alkanes of at least 4 members (excludes halogenated alkanes) is 1. The van der Waals surface area contributed by atoms with Gasteiger partial charge in [0.15, 0.2) is 0 Å². The summed E-state index contributed by atoms with van der Waals surface area (Å²) >= 11 is 0. The highest BCUT2D eigenvalue weighted by Gasteiger charge is 1.97. The predicted molar refractivity (Wildman–Crippen MR) is 74.6 cm³/mol. The molecule has 0 aliphatic rings. The molecule has 2 rings (SSSR count). The van der Waals surface area contributed by atoms with Gasteiger partial charge >= 0.3 is 0 Å². The van der Waals surface area contributed by atoms with Crippen molar-refractivity contribution >= 4 is 5.95 Å². The number of aryl methyl sites for hydroxylation is 1. The van der Waals surface area contributed by atoms with Gasteiger partial charge in [0.1, 0.15) is 11.9 Å². The molecule has 5 heteroatoms. The van der Waals surface area contributed by atoms with Crippen molar-refractivity contribution in [2.45, 2.75) is 19.3 Å². The quantitative estimate of drug-likeness (QED) is 0.820. The van der Waals surface area contributed by atoms with Crippen LogP contribution >= 0.6 is 0 Å². The zero-order valence-electron chi connectivity index (χ0n) is 11.0. The minimum Gasteiger partial charge on any atom is -0.354 e. The Morgan fingerprint density at radius 1 is 1.10 bits per heavy atom. The largest absolute Gasteiger partial charge is 0.354 e. The molecule has 0 saturated heterocycles. The number of nitrogens with zero attached hydrogens (tertiary/aromatic N) is 3. The smallest absolute Gasteiger partial charge is 0.222 e. The van der Waals surface area contributed by atoms with Crippen molar-refractivity contribution in [3.8, 4) is 6.07 Å². The van der Waals surface area contributed by atoms with E-state index in [0.29, 0.717) is 11.5 Å². The molecular formula is C15H15FN4. The number of rotatable bonds is 6. The summed E-state index contributed by atoms with van der Waals surface area (Å²) in [6.07, 6.45) is 5.90. The minimum atomic E-state index is -0.201. The number of aromatic nitrogens is 2. The highest BCUT2D eigenvalue weighted by atomic mass is 19.1. The number of hydrogen-bond acceptors (Lipinski definition) is 4. The first-order valence-electron chi connectivity index (χ1n) is 6.48. The van der Waals surface area contributed by atoms with Gasteiger partial charge in [-0.3, -0.25) is 0 Å². The third-order valence-electron chi connectivity index (χ3n) is 2.87. The third kappa shape index (κ3) is 4.32. The van der Waals surface area contributed by atoms with Gasteiger partial charge in [0.25, 0.3) is 0 Å². The van der Waals surface area contributed by atoms with Crippen LogP contribution in [0.25, 0.3) is 0 Å². The lowest BCUT2D eigenvalue weighted by molar-refractivity contribution is 0.626. The number of anilines is 1. The molecule has 1 heterocycles. The second-order valence-electron chi connectivity index (χ2n) is 4.42. The number of halogens is 1. The van der Waals surface area contributed by atoms with E-state index in [9.17, 15) is 4.39 Å². The van der Waals surface area contributed by atoms with Gasteiger partial charge in [-0.05, 0) is 37.0 Å². The predicted octanol–water partition coefficient (Wildman–Crippen LogP) is 2.92. The Balaban J connectivity index is 1.66. The molecule has 1 aromatic carbocycles. The van der Waals surface area contributed by atoms with Crippen LogP contribution in [0.3, 0.4) is 0 Å². The van der Waals surface area contributed by atoms with E-state index in [1.165, 1.54) is 24.5 Å². The molecule has 0 atom stereocenters. The highest BCUT2D eigenvalue weighted by Crippen LogP contribution is 2.07. The Bertz CT molecular complexity index is 572. The van der Waals surface area contributed by atoms with Crippen LogP contribution < -0.4 is 5.32 Å². The summed E-state index contributed by atoms with van der Waals surface area (Å²) < 4.78 is 12.7. The molecule has 0 fully saturated rings. The molecule has 102 valence electrons. The molecule has 0 aliphatic carbocycles. The third-order valence-corrected chi connectivity index (χ3v) is 2.87. The molecule has 1 aromatic heterocycles. The standard InChI is InChI=1S/C15H15FN4/c16-14-6-4-12(5-7-14)3-1-2-8-18-15-19-10-13(9-17)11-20-15/h4-7,10-11H,1-3,8H2,(H,18,19,20). The first kappa shape index (κ1) is 13.9. The van der Waals surface area contributed by atoms with Crippen LogP contribution in [0.2, 0.25) is 0 Å². The average molecular weight is 270 g/mol. The van der Waals surface area contributed by atoms with Crippen LogP contribution in [0.15, 0.2) is 36.7 Å². The van der Waals surface area contributed by atoms with Crippen LogP contribution in [-0.2, 0) is 6.42 Å². The van der Waals surface area contributed by atoms with Crippen molar-refractivity contribution in [3.05, 3.63) is 53.6 Å². The van der Waals surface area contributed by atoms with Crippen LogP contribution in [0, 0.1) is 17.1 Å². The van der Waals surface area contributed by atoms with Crippen molar-refractivity contribution in [2.24, 2.45) is 0 Å². The van der Waals surface area contributed by atoms with Gasteiger partial charge in [-0.15, -0.1) is 0 Å². The molecule has 4 nitrogen and oxygen atoms in total. The van der Waals surface area contributed by atoms with Crippen molar-refractivity contribution in [3.63, 3.8) is 0 Å². The van der Waals surface area contributed by atoms with Crippen molar-refractivity contribution < 1.29 is 4.39 Å². The van der Waals surface area contributed by atoms with Gasteiger partial charge in [0, 0.05) is 6.54 Å². The number of hydrogen-bond donors (Lipinski definition) is 1. The Morgan fingerprint density at radius 2 is 1.80 bits per heavy atom. The lowest BCUT2D eigenvalue weighted by Gasteiger charge is -2.04. The molecule has 0 bridgehead atoms. The van der Waals surface area contributed by atoms with Crippen molar-refractivity contribution in [1.82, 2.24) is 9.97 Å². The lowest BCUT2D eigenvalue weighted by atomic mass is 10.1.